The van der Waals surface area contributed by atoms with Crippen molar-refractivity contribution < 1.29 is 15.0 Å². The highest BCUT2D eigenvalue weighted by atomic mass is 35.5. The number of anilines is 1. The molecule has 2 aromatic carbocycles. The minimum absolute atomic E-state index is 0. The van der Waals surface area contributed by atoms with Crippen LogP contribution in [0.2, 0.25) is 0 Å². The van der Waals surface area contributed by atoms with Gasteiger partial charge in [0.15, 0.2) is 0 Å². The molecule has 5 N–H and O–H groups in total. The van der Waals surface area contributed by atoms with Gasteiger partial charge < -0.3 is 25.8 Å². The molecule has 7 nitrogen and oxygen atoms in total. The predicted molar refractivity (Wildman–Crippen MR) is 136 cm³/mol. The van der Waals surface area contributed by atoms with Crippen LogP contribution in [0.4, 0.5) is 5.82 Å². The first kappa shape index (κ1) is 25.2. The number of benzene rings is 2. The van der Waals surface area contributed by atoms with E-state index in [0.717, 1.165) is 28.5 Å². The lowest BCUT2D eigenvalue weighted by Crippen LogP contribution is -2.32. The zero-order valence-corrected chi connectivity index (χ0v) is 19.7. The van der Waals surface area contributed by atoms with E-state index in [4.69, 9.17) is 5.73 Å². The third-order valence-corrected chi connectivity index (χ3v) is 5.76. The second-order valence-corrected chi connectivity index (χ2v) is 8.35. The fourth-order valence-electron chi connectivity index (χ4n) is 4.03. The molecular formula is C26H29ClN4O3. The van der Waals surface area contributed by atoms with Gasteiger partial charge in [0.1, 0.15) is 11.5 Å². The molecule has 4 rings (SSSR count). The molecule has 0 saturated carbocycles. The molecule has 0 aliphatic heterocycles. The van der Waals surface area contributed by atoms with E-state index in [1.165, 1.54) is 0 Å². The van der Waals surface area contributed by atoms with E-state index in [2.05, 4.69) is 17.2 Å². The smallest absolute Gasteiger partial charge is 0.352 e. The van der Waals surface area contributed by atoms with E-state index < -0.39 is 12.1 Å². The third-order valence-electron chi connectivity index (χ3n) is 5.76. The Hall–Kier alpha value is -3.39. The quantitative estimate of drug-likeness (QED) is 0.287. The molecule has 0 spiro atoms. The summed E-state index contributed by atoms with van der Waals surface area (Å²) in [6, 6.07) is 21.2. The number of carboxylic acid groups (broad SMARTS) is 1. The van der Waals surface area contributed by atoms with Crippen LogP contribution in [0, 0.1) is 0 Å². The Morgan fingerprint density at radius 3 is 2.53 bits per heavy atom. The van der Waals surface area contributed by atoms with Crippen LogP contribution in [0.25, 0.3) is 10.9 Å². The van der Waals surface area contributed by atoms with Crippen LogP contribution in [-0.2, 0) is 13.0 Å². The van der Waals surface area contributed by atoms with E-state index in [0.29, 0.717) is 24.5 Å². The Labute approximate surface area is 204 Å². The Morgan fingerprint density at radius 2 is 1.85 bits per heavy atom. The highest BCUT2D eigenvalue weighted by molar-refractivity contribution is 5.95. The molecule has 0 fully saturated rings. The molecule has 4 aromatic rings. The number of nitrogens with one attached hydrogen (secondary N) is 1. The van der Waals surface area contributed by atoms with Gasteiger partial charge in [0.25, 0.3) is 0 Å². The number of hydrogen-bond acceptors (Lipinski definition) is 5. The standard InChI is InChI=1S/C26H28N4O3.ClH/c1-17(28-15-24(31)20-8-10-25(27)29-14-20)11-19-7-9-22-21(12-19)13-23(26(32)33)30(22)16-18-5-3-2-4-6-18;/h2-10,12-14,17,24,28,31H,11,15-16H2,1H3,(H2,27,29)(H,32,33);1H. The summed E-state index contributed by atoms with van der Waals surface area (Å²) >= 11 is 0. The zero-order valence-electron chi connectivity index (χ0n) is 18.9. The number of nitrogens with zero attached hydrogens (tertiary/aromatic N) is 2. The van der Waals surface area contributed by atoms with E-state index in [1.54, 1.807) is 24.4 Å². The molecule has 2 unspecified atom stereocenters. The number of nitrogen functional groups attached to an aromatic ring is 1. The number of hydrogen-bond donors (Lipinski definition) is 4. The molecule has 178 valence electrons. The van der Waals surface area contributed by atoms with Gasteiger partial charge in [-0.15, -0.1) is 12.4 Å². The van der Waals surface area contributed by atoms with Crippen molar-refractivity contribution in [2.75, 3.05) is 12.3 Å². The molecule has 2 atom stereocenters. The topological polar surface area (TPSA) is 113 Å². The molecule has 2 heterocycles. The van der Waals surface area contributed by atoms with Gasteiger partial charge in [0, 0.05) is 41.8 Å². The van der Waals surface area contributed by atoms with Crippen molar-refractivity contribution in [1.29, 1.82) is 0 Å². The lowest BCUT2D eigenvalue weighted by Gasteiger charge is -2.17. The lowest BCUT2D eigenvalue weighted by molar-refractivity contribution is 0.0686. The van der Waals surface area contributed by atoms with E-state index in [1.807, 2.05) is 53.1 Å². The van der Waals surface area contributed by atoms with Gasteiger partial charge in [-0.05, 0) is 48.7 Å². The Morgan fingerprint density at radius 1 is 1.09 bits per heavy atom. The summed E-state index contributed by atoms with van der Waals surface area (Å²) in [5.41, 5.74) is 9.63. The second kappa shape index (κ2) is 11.2. The van der Waals surface area contributed by atoms with Gasteiger partial charge in [-0.25, -0.2) is 9.78 Å². The fourth-order valence-corrected chi connectivity index (χ4v) is 4.03. The largest absolute Gasteiger partial charge is 0.477 e. The molecule has 0 saturated heterocycles. The van der Waals surface area contributed by atoms with Gasteiger partial charge in [0.2, 0.25) is 0 Å². The van der Waals surface area contributed by atoms with Gasteiger partial charge in [-0.3, -0.25) is 0 Å². The van der Waals surface area contributed by atoms with Crippen LogP contribution in [0.3, 0.4) is 0 Å². The average molecular weight is 481 g/mol. The van der Waals surface area contributed by atoms with Gasteiger partial charge in [0.05, 0.1) is 6.10 Å². The SMILES string of the molecule is CC(Cc1ccc2c(c1)cc(C(=O)O)n2Cc1ccccc1)NCC(O)c1ccc(N)nc1.Cl. The van der Waals surface area contributed by atoms with Crippen molar-refractivity contribution in [3.05, 3.63) is 95.3 Å². The summed E-state index contributed by atoms with van der Waals surface area (Å²) < 4.78 is 1.84. The number of rotatable bonds is 9. The van der Waals surface area contributed by atoms with Crippen LogP contribution < -0.4 is 11.1 Å². The summed E-state index contributed by atoms with van der Waals surface area (Å²) in [5, 5.41) is 24.4. The van der Waals surface area contributed by atoms with Crippen molar-refractivity contribution in [1.82, 2.24) is 14.9 Å². The molecule has 0 amide bonds. The molecule has 0 radical (unpaired) electrons. The van der Waals surface area contributed by atoms with Crippen LogP contribution in [-0.4, -0.2) is 38.3 Å². The number of carbonyl (C=O) groups is 1. The molecule has 0 bridgehead atoms. The van der Waals surface area contributed by atoms with Crippen molar-refractivity contribution in [3.63, 3.8) is 0 Å². The van der Waals surface area contributed by atoms with Crippen LogP contribution >= 0.6 is 12.4 Å². The van der Waals surface area contributed by atoms with Gasteiger partial charge in [-0.2, -0.15) is 0 Å². The Kier molecular flexibility index (Phi) is 8.28. The number of pyridine rings is 1. The molecular weight excluding hydrogens is 452 g/mol. The fraction of sp³-hybridized carbons (Fsp3) is 0.231. The number of aliphatic hydroxyl groups excluding tert-OH is 1. The number of fused-ring (bicyclic) bond motifs is 1. The Bertz CT molecular complexity index is 1240. The summed E-state index contributed by atoms with van der Waals surface area (Å²) in [6.45, 7) is 2.95. The van der Waals surface area contributed by atoms with Gasteiger partial charge in [-0.1, -0.05) is 42.5 Å². The first-order chi connectivity index (χ1) is 15.9. The third kappa shape index (κ3) is 5.94. The van der Waals surface area contributed by atoms with Crippen LogP contribution in [0.15, 0.2) is 72.9 Å². The normalized spacial score (nSPS) is 12.8. The monoisotopic (exact) mass is 480 g/mol. The molecule has 2 aromatic heterocycles. The number of aromatic carboxylic acids is 1. The van der Waals surface area contributed by atoms with Crippen LogP contribution in [0.1, 0.15) is 40.2 Å². The predicted octanol–water partition coefficient (Wildman–Crippen LogP) is 4.04. The number of nitrogens with two attached hydrogens (primary N) is 1. The summed E-state index contributed by atoms with van der Waals surface area (Å²) in [7, 11) is 0. The van der Waals surface area contributed by atoms with Crippen molar-refractivity contribution >= 4 is 35.1 Å². The highest BCUT2D eigenvalue weighted by Crippen LogP contribution is 2.24. The second-order valence-electron chi connectivity index (χ2n) is 8.35. The number of aliphatic hydroxyl groups is 1. The van der Waals surface area contributed by atoms with Crippen molar-refractivity contribution in [3.8, 4) is 0 Å². The van der Waals surface area contributed by atoms with Crippen LogP contribution in [0.5, 0.6) is 0 Å². The molecule has 34 heavy (non-hydrogen) atoms. The molecule has 0 aliphatic carbocycles. The minimum Gasteiger partial charge on any atom is -0.477 e. The summed E-state index contributed by atoms with van der Waals surface area (Å²) in [5.74, 6) is -0.517. The zero-order chi connectivity index (χ0) is 23.4. The maximum Gasteiger partial charge on any atom is 0.352 e. The average Bonchev–Trinajstić information content (AvgIpc) is 3.16. The van der Waals surface area contributed by atoms with E-state index >= 15 is 0 Å². The maximum absolute atomic E-state index is 11.9. The molecule has 0 aliphatic rings. The van der Waals surface area contributed by atoms with Gasteiger partial charge >= 0.3 is 5.97 Å². The minimum atomic E-state index is -0.940. The number of carboxylic acids is 1. The molecule has 8 heteroatoms. The first-order valence-electron chi connectivity index (χ1n) is 10.9. The van der Waals surface area contributed by atoms with E-state index in [9.17, 15) is 15.0 Å². The van der Waals surface area contributed by atoms with Crippen molar-refractivity contribution in [2.24, 2.45) is 0 Å². The van der Waals surface area contributed by atoms with Crippen molar-refractivity contribution in [2.45, 2.75) is 32.0 Å². The number of aromatic nitrogens is 2. The summed E-state index contributed by atoms with van der Waals surface area (Å²) in [6.07, 6.45) is 1.66. The summed E-state index contributed by atoms with van der Waals surface area (Å²) in [4.78, 5) is 15.9. The lowest BCUT2D eigenvalue weighted by atomic mass is 10.0. The Balaban J connectivity index is 0.00000324. The highest BCUT2D eigenvalue weighted by Gasteiger charge is 2.16. The van der Waals surface area contributed by atoms with E-state index in [-0.39, 0.29) is 24.1 Å². The number of halogens is 1. The maximum atomic E-state index is 11.9. The first-order valence-corrected chi connectivity index (χ1v) is 10.9.